The summed E-state index contributed by atoms with van der Waals surface area (Å²) in [6.45, 7) is 2.88. The molecule has 2 aromatic carbocycles. The van der Waals surface area contributed by atoms with E-state index in [9.17, 15) is 4.79 Å². The molecule has 0 fully saturated rings. The van der Waals surface area contributed by atoms with E-state index < -0.39 is 0 Å². The summed E-state index contributed by atoms with van der Waals surface area (Å²) in [6.07, 6.45) is 0. The monoisotopic (exact) mass is 278 g/mol. The van der Waals surface area contributed by atoms with Gasteiger partial charge in [0.25, 0.3) is 5.56 Å². The van der Waals surface area contributed by atoms with Crippen LogP contribution in [0.2, 0.25) is 0 Å². The Morgan fingerprint density at radius 1 is 1.05 bits per heavy atom. The zero-order chi connectivity index (χ0) is 14.8. The van der Waals surface area contributed by atoms with E-state index in [0.29, 0.717) is 12.1 Å². The maximum atomic E-state index is 12.6. The quantitative estimate of drug-likeness (QED) is 0.801. The van der Waals surface area contributed by atoms with Gasteiger partial charge in [0.2, 0.25) is 0 Å². The largest absolute Gasteiger partial charge is 0.326 e. The maximum Gasteiger partial charge on any atom is 0.255 e. The van der Waals surface area contributed by atoms with Crippen LogP contribution < -0.4 is 11.3 Å². The van der Waals surface area contributed by atoms with E-state index in [1.165, 1.54) is 5.56 Å². The van der Waals surface area contributed by atoms with Gasteiger partial charge in [-0.15, -0.1) is 0 Å². The zero-order valence-corrected chi connectivity index (χ0v) is 12.0. The fourth-order valence-corrected chi connectivity index (χ4v) is 2.57. The van der Waals surface area contributed by atoms with Gasteiger partial charge in [-0.25, -0.2) is 0 Å². The van der Waals surface area contributed by atoms with E-state index in [-0.39, 0.29) is 12.1 Å². The van der Waals surface area contributed by atoms with E-state index in [4.69, 9.17) is 5.73 Å². The Morgan fingerprint density at radius 2 is 1.76 bits per heavy atom. The third-order valence-corrected chi connectivity index (χ3v) is 3.76. The van der Waals surface area contributed by atoms with Gasteiger partial charge in [0.1, 0.15) is 0 Å². The van der Waals surface area contributed by atoms with Crippen LogP contribution in [0.3, 0.4) is 0 Å². The van der Waals surface area contributed by atoms with E-state index in [0.717, 1.165) is 16.5 Å². The lowest BCUT2D eigenvalue weighted by Gasteiger charge is -2.12. The van der Waals surface area contributed by atoms with Crippen molar-refractivity contribution in [2.24, 2.45) is 5.73 Å². The van der Waals surface area contributed by atoms with Crippen LogP contribution in [0.25, 0.3) is 10.9 Å². The maximum absolute atomic E-state index is 12.6. The van der Waals surface area contributed by atoms with Crippen molar-refractivity contribution in [2.75, 3.05) is 0 Å². The van der Waals surface area contributed by atoms with Gasteiger partial charge in [-0.05, 0) is 30.0 Å². The number of para-hydroxylation sites is 1. The van der Waals surface area contributed by atoms with Crippen molar-refractivity contribution < 1.29 is 0 Å². The molecule has 0 aliphatic heterocycles. The molecule has 3 rings (SSSR count). The average molecular weight is 278 g/mol. The summed E-state index contributed by atoms with van der Waals surface area (Å²) < 4.78 is 1.81. The highest BCUT2D eigenvalue weighted by Gasteiger charge is 2.08. The number of rotatable bonds is 3. The summed E-state index contributed by atoms with van der Waals surface area (Å²) in [4.78, 5) is 12.6. The van der Waals surface area contributed by atoms with Crippen molar-refractivity contribution in [2.45, 2.75) is 20.0 Å². The number of pyridine rings is 1. The van der Waals surface area contributed by atoms with Gasteiger partial charge in [-0.2, -0.15) is 0 Å². The second-order valence-electron chi connectivity index (χ2n) is 5.31. The number of hydrogen-bond donors (Lipinski definition) is 1. The van der Waals surface area contributed by atoms with Crippen LogP contribution in [-0.2, 0) is 13.1 Å². The standard InChI is InChI=1S/C18H18N2O/c1-13-6-8-14(9-7-13)12-20-17-5-3-2-4-15(17)10-16(11-19)18(20)21/h2-10H,11-12,19H2,1H3. The van der Waals surface area contributed by atoms with Gasteiger partial charge in [0, 0.05) is 12.1 Å². The first-order valence-electron chi connectivity index (χ1n) is 7.06. The van der Waals surface area contributed by atoms with Gasteiger partial charge in [0.15, 0.2) is 0 Å². The molecule has 3 aromatic rings. The third-order valence-electron chi connectivity index (χ3n) is 3.76. The van der Waals surface area contributed by atoms with Crippen LogP contribution in [0.4, 0.5) is 0 Å². The lowest BCUT2D eigenvalue weighted by Crippen LogP contribution is -2.26. The number of nitrogens with two attached hydrogens (primary N) is 1. The summed E-state index contributed by atoms with van der Waals surface area (Å²) in [6, 6.07) is 18.1. The van der Waals surface area contributed by atoms with Gasteiger partial charge in [-0.3, -0.25) is 4.79 Å². The van der Waals surface area contributed by atoms with Crippen molar-refractivity contribution >= 4 is 10.9 Å². The van der Waals surface area contributed by atoms with Crippen LogP contribution >= 0.6 is 0 Å². The number of nitrogens with zero attached hydrogens (tertiary/aromatic N) is 1. The molecule has 21 heavy (non-hydrogen) atoms. The summed E-state index contributed by atoms with van der Waals surface area (Å²) in [7, 11) is 0. The first-order valence-corrected chi connectivity index (χ1v) is 7.06. The minimum atomic E-state index is -0.00299. The first kappa shape index (κ1) is 13.6. The Morgan fingerprint density at radius 3 is 2.48 bits per heavy atom. The van der Waals surface area contributed by atoms with Crippen LogP contribution in [0, 0.1) is 6.92 Å². The van der Waals surface area contributed by atoms with Gasteiger partial charge >= 0.3 is 0 Å². The molecule has 0 saturated heterocycles. The van der Waals surface area contributed by atoms with E-state index in [1.807, 2.05) is 34.9 Å². The highest BCUT2D eigenvalue weighted by molar-refractivity contribution is 5.79. The molecular formula is C18H18N2O. The summed E-state index contributed by atoms with van der Waals surface area (Å²) in [5.41, 5.74) is 9.63. The normalized spacial score (nSPS) is 11.0. The zero-order valence-electron chi connectivity index (χ0n) is 12.0. The van der Waals surface area contributed by atoms with Crippen LogP contribution in [-0.4, -0.2) is 4.57 Å². The highest BCUT2D eigenvalue weighted by Crippen LogP contribution is 2.15. The fraction of sp³-hybridized carbons (Fsp3) is 0.167. The second kappa shape index (κ2) is 5.54. The van der Waals surface area contributed by atoms with Crippen LogP contribution in [0.15, 0.2) is 59.4 Å². The lowest BCUT2D eigenvalue weighted by atomic mass is 10.1. The molecule has 0 spiro atoms. The number of fused-ring (bicyclic) bond motifs is 1. The Hall–Kier alpha value is -2.39. The number of aryl methyl sites for hydroxylation is 1. The summed E-state index contributed by atoms with van der Waals surface area (Å²) in [5.74, 6) is 0. The summed E-state index contributed by atoms with van der Waals surface area (Å²) in [5, 5.41) is 1.05. The Labute approximate surface area is 123 Å². The minimum absolute atomic E-state index is 0.00299. The number of benzene rings is 2. The summed E-state index contributed by atoms with van der Waals surface area (Å²) >= 11 is 0. The van der Waals surface area contributed by atoms with Crippen molar-refractivity contribution in [3.63, 3.8) is 0 Å². The van der Waals surface area contributed by atoms with Gasteiger partial charge < -0.3 is 10.3 Å². The predicted molar refractivity (Wildman–Crippen MR) is 86.4 cm³/mol. The van der Waals surface area contributed by atoms with Crippen molar-refractivity contribution in [3.05, 3.63) is 81.6 Å². The smallest absolute Gasteiger partial charge is 0.255 e. The molecular weight excluding hydrogens is 260 g/mol. The van der Waals surface area contributed by atoms with Crippen molar-refractivity contribution in [1.82, 2.24) is 4.57 Å². The Bertz CT molecular complexity index is 832. The molecule has 1 heterocycles. The van der Waals surface area contributed by atoms with Crippen LogP contribution in [0.1, 0.15) is 16.7 Å². The minimum Gasteiger partial charge on any atom is -0.326 e. The molecule has 0 bridgehead atoms. The van der Waals surface area contributed by atoms with E-state index in [2.05, 4.69) is 31.2 Å². The van der Waals surface area contributed by atoms with E-state index in [1.54, 1.807) is 0 Å². The van der Waals surface area contributed by atoms with Gasteiger partial charge in [0.05, 0.1) is 12.1 Å². The Balaban J connectivity index is 2.18. The molecule has 3 heteroatoms. The molecule has 0 unspecified atom stereocenters. The lowest BCUT2D eigenvalue weighted by molar-refractivity contribution is 0.777. The predicted octanol–water partition coefficient (Wildman–Crippen LogP) is 2.82. The molecule has 0 saturated carbocycles. The molecule has 0 aliphatic carbocycles. The molecule has 0 atom stereocenters. The molecule has 0 radical (unpaired) electrons. The molecule has 3 nitrogen and oxygen atoms in total. The fourth-order valence-electron chi connectivity index (χ4n) is 2.57. The number of hydrogen-bond acceptors (Lipinski definition) is 2. The van der Waals surface area contributed by atoms with Crippen molar-refractivity contribution in [3.8, 4) is 0 Å². The molecule has 0 aliphatic rings. The molecule has 0 amide bonds. The average Bonchev–Trinajstić information content (AvgIpc) is 2.51. The van der Waals surface area contributed by atoms with Crippen molar-refractivity contribution in [1.29, 1.82) is 0 Å². The third kappa shape index (κ3) is 2.60. The van der Waals surface area contributed by atoms with Gasteiger partial charge in [-0.1, -0.05) is 48.0 Å². The first-order chi connectivity index (χ1) is 10.2. The highest BCUT2D eigenvalue weighted by atomic mass is 16.1. The molecule has 1 aromatic heterocycles. The van der Waals surface area contributed by atoms with Crippen LogP contribution in [0.5, 0.6) is 0 Å². The number of aromatic nitrogens is 1. The second-order valence-corrected chi connectivity index (χ2v) is 5.31. The topological polar surface area (TPSA) is 48.0 Å². The SMILES string of the molecule is Cc1ccc(Cn2c(=O)c(CN)cc3ccccc32)cc1. The molecule has 2 N–H and O–H groups in total. The molecule has 106 valence electrons. The van der Waals surface area contributed by atoms with E-state index >= 15 is 0 Å². The Kier molecular flexibility index (Phi) is 3.59.